The van der Waals surface area contributed by atoms with Gasteiger partial charge in [-0.1, -0.05) is 66.7 Å². The molecule has 0 saturated carbocycles. The fourth-order valence-corrected chi connectivity index (χ4v) is 3.38. The second kappa shape index (κ2) is 12.2. The molecule has 176 valence electrons. The molecule has 1 atom stereocenters. The van der Waals surface area contributed by atoms with E-state index in [-0.39, 0.29) is 12.5 Å². The summed E-state index contributed by atoms with van der Waals surface area (Å²) in [6, 6.07) is 25.8. The highest BCUT2D eigenvalue weighted by atomic mass is 16.5. The maximum atomic E-state index is 13.2. The molecular formula is C27H28N2O5. The lowest BCUT2D eigenvalue weighted by Gasteiger charge is -2.26. The Labute approximate surface area is 199 Å². The van der Waals surface area contributed by atoms with Gasteiger partial charge in [0.15, 0.2) is 6.10 Å². The number of benzene rings is 3. The molecular weight excluding hydrogens is 432 g/mol. The van der Waals surface area contributed by atoms with Crippen molar-refractivity contribution in [1.82, 2.24) is 10.2 Å². The highest BCUT2D eigenvalue weighted by molar-refractivity contribution is 5.96. The van der Waals surface area contributed by atoms with Gasteiger partial charge in [0, 0.05) is 18.7 Å². The Morgan fingerprint density at radius 2 is 1.44 bits per heavy atom. The number of hydrogen-bond donors (Lipinski definition) is 1. The lowest BCUT2D eigenvalue weighted by molar-refractivity contribution is -0.158. The first-order valence-corrected chi connectivity index (χ1v) is 10.9. The van der Waals surface area contributed by atoms with Crippen LogP contribution in [0.4, 0.5) is 0 Å². The number of carbonyl (C=O) groups excluding carboxylic acids is 3. The van der Waals surface area contributed by atoms with Crippen molar-refractivity contribution in [2.24, 2.45) is 0 Å². The first-order valence-electron chi connectivity index (χ1n) is 10.9. The van der Waals surface area contributed by atoms with Crippen LogP contribution in [0.15, 0.2) is 84.9 Å². The maximum absolute atomic E-state index is 13.2. The number of amides is 2. The van der Waals surface area contributed by atoms with Gasteiger partial charge in [-0.15, -0.1) is 0 Å². The summed E-state index contributed by atoms with van der Waals surface area (Å²) in [5.41, 5.74) is 2.29. The smallest absolute Gasteiger partial charge is 0.326 e. The number of ether oxygens (including phenoxy) is 2. The van der Waals surface area contributed by atoms with Crippen LogP contribution in [0.1, 0.15) is 28.4 Å². The average Bonchev–Trinajstić information content (AvgIpc) is 2.87. The third-order valence-electron chi connectivity index (χ3n) is 5.13. The molecule has 7 nitrogen and oxygen atoms in total. The van der Waals surface area contributed by atoms with E-state index >= 15 is 0 Å². The Kier molecular flexibility index (Phi) is 8.80. The summed E-state index contributed by atoms with van der Waals surface area (Å²) >= 11 is 0. The predicted octanol–water partition coefficient (Wildman–Crippen LogP) is 3.59. The SMILES string of the molecule is COc1cccc(C(=O)NCC(=O)OC(C)C(=O)N(Cc2ccccc2)Cc2ccccc2)c1. The number of methoxy groups -OCH3 is 1. The molecule has 0 spiro atoms. The number of rotatable bonds is 10. The van der Waals surface area contributed by atoms with Crippen LogP contribution in [0.25, 0.3) is 0 Å². The first-order chi connectivity index (χ1) is 16.5. The van der Waals surface area contributed by atoms with Gasteiger partial charge in [0.05, 0.1) is 7.11 Å². The van der Waals surface area contributed by atoms with Crippen LogP contribution in [0.2, 0.25) is 0 Å². The summed E-state index contributed by atoms with van der Waals surface area (Å²) in [5, 5.41) is 2.51. The van der Waals surface area contributed by atoms with Gasteiger partial charge in [-0.2, -0.15) is 0 Å². The molecule has 0 bridgehead atoms. The molecule has 2 amide bonds. The van der Waals surface area contributed by atoms with E-state index in [9.17, 15) is 14.4 Å². The van der Waals surface area contributed by atoms with Crippen molar-refractivity contribution >= 4 is 17.8 Å². The average molecular weight is 461 g/mol. The van der Waals surface area contributed by atoms with Gasteiger partial charge in [0.1, 0.15) is 12.3 Å². The van der Waals surface area contributed by atoms with Crippen molar-refractivity contribution in [3.8, 4) is 5.75 Å². The number of carbonyl (C=O) groups is 3. The summed E-state index contributed by atoms with van der Waals surface area (Å²) in [6.45, 7) is 1.93. The summed E-state index contributed by atoms with van der Waals surface area (Å²) in [6.07, 6.45) is -1.01. The van der Waals surface area contributed by atoms with Crippen molar-refractivity contribution < 1.29 is 23.9 Å². The molecule has 3 aromatic carbocycles. The predicted molar refractivity (Wildman–Crippen MR) is 128 cm³/mol. The number of hydrogen-bond acceptors (Lipinski definition) is 5. The fraction of sp³-hybridized carbons (Fsp3) is 0.222. The number of esters is 1. The van der Waals surface area contributed by atoms with Crippen molar-refractivity contribution in [3.63, 3.8) is 0 Å². The number of nitrogens with zero attached hydrogens (tertiary/aromatic N) is 1. The van der Waals surface area contributed by atoms with Crippen LogP contribution in [0.5, 0.6) is 5.75 Å². The van der Waals surface area contributed by atoms with Gasteiger partial charge < -0.3 is 19.7 Å². The summed E-state index contributed by atoms with van der Waals surface area (Å²) in [7, 11) is 1.51. The van der Waals surface area contributed by atoms with Crippen LogP contribution >= 0.6 is 0 Å². The molecule has 34 heavy (non-hydrogen) atoms. The minimum absolute atomic E-state index is 0.319. The van der Waals surface area contributed by atoms with E-state index in [4.69, 9.17) is 9.47 Å². The van der Waals surface area contributed by atoms with E-state index in [1.165, 1.54) is 14.0 Å². The topological polar surface area (TPSA) is 84.9 Å². The molecule has 0 saturated heterocycles. The Balaban J connectivity index is 1.59. The van der Waals surface area contributed by atoms with E-state index in [0.717, 1.165) is 11.1 Å². The third-order valence-corrected chi connectivity index (χ3v) is 5.13. The summed E-state index contributed by atoms with van der Waals surface area (Å²) in [4.78, 5) is 39.4. The minimum atomic E-state index is -1.01. The standard InChI is InChI=1S/C27H28N2O5/c1-20(34-25(30)17-28-26(31)23-14-9-15-24(16-23)33-2)27(32)29(18-21-10-5-3-6-11-21)19-22-12-7-4-8-13-22/h3-16,20H,17-19H2,1-2H3,(H,28,31). The molecule has 1 unspecified atom stereocenters. The maximum Gasteiger partial charge on any atom is 0.326 e. The van der Waals surface area contributed by atoms with E-state index in [1.807, 2.05) is 60.7 Å². The minimum Gasteiger partial charge on any atom is -0.497 e. The zero-order valence-corrected chi connectivity index (χ0v) is 19.3. The van der Waals surface area contributed by atoms with E-state index in [2.05, 4.69) is 5.32 Å². The summed E-state index contributed by atoms with van der Waals surface area (Å²) < 4.78 is 10.4. The molecule has 0 aliphatic heterocycles. The largest absolute Gasteiger partial charge is 0.497 e. The van der Waals surface area contributed by atoms with Gasteiger partial charge in [0.25, 0.3) is 11.8 Å². The van der Waals surface area contributed by atoms with Gasteiger partial charge in [0.2, 0.25) is 0 Å². The molecule has 7 heteroatoms. The lowest BCUT2D eigenvalue weighted by Crippen LogP contribution is -2.41. The zero-order chi connectivity index (χ0) is 24.3. The molecule has 1 N–H and O–H groups in total. The zero-order valence-electron chi connectivity index (χ0n) is 19.3. The third kappa shape index (κ3) is 7.20. The first kappa shape index (κ1) is 24.5. The van der Waals surface area contributed by atoms with Gasteiger partial charge >= 0.3 is 5.97 Å². The van der Waals surface area contributed by atoms with E-state index in [1.54, 1.807) is 29.2 Å². The van der Waals surface area contributed by atoms with Crippen molar-refractivity contribution in [1.29, 1.82) is 0 Å². The number of nitrogens with one attached hydrogen (secondary N) is 1. The Morgan fingerprint density at radius 3 is 2.00 bits per heavy atom. The van der Waals surface area contributed by atoms with Crippen molar-refractivity contribution in [2.75, 3.05) is 13.7 Å². The van der Waals surface area contributed by atoms with Crippen LogP contribution < -0.4 is 10.1 Å². The molecule has 0 radical (unpaired) electrons. The molecule has 0 heterocycles. The second-order valence-electron chi connectivity index (χ2n) is 7.71. The van der Waals surface area contributed by atoms with Gasteiger partial charge in [-0.3, -0.25) is 14.4 Å². The van der Waals surface area contributed by atoms with Gasteiger partial charge in [-0.05, 0) is 36.2 Å². The van der Waals surface area contributed by atoms with E-state index < -0.39 is 18.0 Å². The quantitative estimate of drug-likeness (QED) is 0.468. The van der Waals surface area contributed by atoms with Crippen LogP contribution in [0.3, 0.4) is 0 Å². The molecule has 0 fully saturated rings. The normalized spacial score (nSPS) is 11.2. The van der Waals surface area contributed by atoms with Gasteiger partial charge in [-0.25, -0.2) is 0 Å². The molecule has 3 rings (SSSR count). The summed E-state index contributed by atoms with van der Waals surface area (Å²) in [5.74, 6) is -0.923. The Hall–Kier alpha value is -4.13. The van der Waals surface area contributed by atoms with Crippen molar-refractivity contribution in [2.45, 2.75) is 26.1 Å². The van der Waals surface area contributed by atoms with Crippen LogP contribution in [-0.4, -0.2) is 42.4 Å². The molecule has 0 aromatic heterocycles. The fourth-order valence-electron chi connectivity index (χ4n) is 3.38. The Bertz CT molecular complexity index is 1060. The molecule has 0 aliphatic carbocycles. The van der Waals surface area contributed by atoms with E-state index in [0.29, 0.717) is 24.4 Å². The van der Waals surface area contributed by atoms with Crippen LogP contribution in [-0.2, 0) is 27.4 Å². The Morgan fingerprint density at radius 1 is 0.853 bits per heavy atom. The highest BCUT2D eigenvalue weighted by Crippen LogP contribution is 2.14. The highest BCUT2D eigenvalue weighted by Gasteiger charge is 2.24. The second-order valence-corrected chi connectivity index (χ2v) is 7.71. The monoisotopic (exact) mass is 460 g/mol. The molecule has 3 aromatic rings. The van der Waals surface area contributed by atoms with Crippen LogP contribution in [0, 0.1) is 0 Å². The van der Waals surface area contributed by atoms with Crippen molar-refractivity contribution in [3.05, 3.63) is 102 Å². The molecule has 0 aliphatic rings. The lowest BCUT2D eigenvalue weighted by atomic mass is 10.1.